The SMILES string of the molecule is COc1ccc(CN(CCN2CCCC2)S(=O)(=O)c2ccc(F)cc2)cc1OCc1ccccc1. The lowest BCUT2D eigenvalue weighted by Crippen LogP contribution is -2.37. The molecule has 0 radical (unpaired) electrons. The molecule has 4 rings (SSSR count). The zero-order valence-electron chi connectivity index (χ0n) is 19.9. The fourth-order valence-electron chi connectivity index (χ4n) is 4.17. The lowest BCUT2D eigenvalue weighted by Gasteiger charge is -2.25. The molecule has 1 saturated heterocycles. The van der Waals surface area contributed by atoms with Crippen LogP contribution in [0.4, 0.5) is 4.39 Å². The molecular weight excluding hydrogens is 467 g/mol. The molecule has 1 aliphatic heterocycles. The van der Waals surface area contributed by atoms with Crippen molar-refractivity contribution in [1.29, 1.82) is 0 Å². The van der Waals surface area contributed by atoms with Crippen molar-refractivity contribution in [3.63, 3.8) is 0 Å². The van der Waals surface area contributed by atoms with Crippen LogP contribution in [-0.4, -0.2) is 50.9 Å². The number of methoxy groups -OCH3 is 1. The van der Waals surface area contributed by atoms with Gasteiger partial charge in [-0.3, -0.25) is 0 Å². The number of nitrogens with zero attached hydrogens (tertiary/aromatic N) is 2. The smallest absolute Gasteiger partial charge is 0.243 e. The van der Waals surface area contributed by atoms with Gasteiger partial charge in [0.2, 0.25) is 10.0 Å². The van der Waals surface area contributed by atoms with E-state index in [1.54, 1.807) is 13.2 Å². The quantitative estimate of drug-likeness (QED) is 0.384. The highest BCUT2D eigenvalue weighted by Gasteiger charge is 2.26. The molecule has 0 spiro atoms. The normalized spacial score (nSPS) is 14.4. The Morgan fingerprint density at radius 1 is 0.914 bits per heavy atom. The monoisotopic (exact) mass is 498 g/mol. The molecule has 0 N–H and O–H groups in total. The van der Waals surface area contributed by atoms with Gasteiger partial charge >= 0.3 is 0 Å². The maximum atomic E-state index is 13.5. The maximum absolute atomic E-state index is 13.5. The maximum Gasteiger partial charge on any atom is 0.243 e. The average Bonchev–Trinajstić information content (AvgIpc) is 3.40. The third-order valence-corrected chi connectivity index (χ3v) is 8.00. The van der Waals surface area contributed by atoms with Gasteiger partial charge in [-0.25, -0.2) is 12.8 Å². The van der Waals surface area contributed by atoms with Crippen LogP contribution in [0.2, 0.25) is 0 Å². The van der Waals surface area contributed by atoms with E-state index in [-0.39, 0.29) is 11.4 Å². The number of benzene rings is 3. The second-order valence-electron chi connectivity index (χ2n) is 8.60. The van der Waals surface area contributed by atoms with E-state index in [0.717, 1.165) is 37.1 Å². The van der Waals surface area contributed by atoms with E-state index >= 15 is 0 Å². The zero-order valence-corrected chi connectivity index (χ0v) is 20.7. The summed E-state index contributed by atoms with van der Waals surface area (Å²) in [5.74, 6) is 0.658. The second kappa shape index (κ2) is 11.7. The fraction of sp³-hybridized carbons (Fsp3) is 0.333. The van der Waals surface area contributed by atoms with Crippen molar-refractivity contribution >= 4 is 10.0 Å². The average molecular weight is 499 g/mol. The highest BCUT2D eigenvalue weighted by Crippen LogP contribution is 2.30. The Labute approximate surface area is 206 Å². The van der Waals surface area contributed by atoms with Gasteiger partial charge in [0.25, 0.3) is 0 Å². The first-order chi connectivity index (χ1) is 17.0. The van der Waals surface area contributed by atoms with Gasteiger partial charge in [-0.05, 0) is 73.5 Å². The second-order valence-corrected chi connectivity index (χ2v) is 10.5. The summed E-state index contributed by atoms with van der Waals surface area (Å²) in [5, 5.41) is 0. The Bertz CT molecular complexity index is 1200. The van der Waals surface area contributed by atoms with Crippen molar-refractivity contribution in [3.8, 4) is 11.5 Å². The van der Waals surface area contributed by atoms with Gasteiger partial charge in [-0.15, -0.1) is 0 Å². The van der Waals surface area contributed by atoms with Gasteiger partial charge in [0.05, 0.1) is 12.0 Å². The predicted octanol–water partition coefficient (Wildman–Crippen LogP) is 4.70. The number of ether oxygens (including phenoxy) is 2. The van der Waals surface area contributed by atoms with Gasteiger partial charge in [0.15, 0.2) is 11.5 Å². The molecule has 1 fully saturated rings. The molecule has 0 aliphatic carbocycles. The Kier molecular flexibility index (Phi) is 8.38. The molecule has 0 saturated carbocycles. The molecular formula is C27H31FN2O4S. The summed E-state index contributed by atoms with van der Waals surface area (Å²) in [5.41, 5.74) is 1.80. The van der Waals surface area contributed by atoms with Crippen LogP contribution < -0.4 is 9.47 Å². The molecule has 35 heavy (non-hydrogen) atoms. The standard InChI is InChI=1S/C27H31FN2O4S/c1-33-26-14-9-23(19-27(26)34-21-22-7-3-2-4-8-22)20-30(18-17-29-15-5-6-16-29)35(31,32)25-12-10-24(28)11-13-25/h2-4,7-14,19H,5-6,15-18,20-21H2,1H3. The summed E-state index contributed by atoms with van der Waals surface area (Å²) in [7, 11) is -2.25. The highest BCUT2D eigenvalue weighted by atomic mass is 32.2. The first-order valence-corrected chi connectivity index (χ1v) is 13.2. The molecule has 0 atom stereocenters. The molecule has 0 unspecified atom stereocenters. The van der Waals surface area contributed by atoms with Crippen LogP contribution in [0.5, 0.6) is 11.5 Å². The van der Waals surface area contributed by atoms with E-state index in [9.17, 15) is 12.8 Å². The number of rotatable bonds is 11. The summed E-state index contributed by atoms with van der Waals surface area (Å²) < 4.78 is 53.4. The minimum atomic E-state index is -3.82. The summed E-state index contributed by atoms with van der Waals surface area (Å²) in [4.78, 5) is 2.35. The largest absolute Gasteiger partial charge is 0.493 e. The van der Waals surface area contributed by atoms with E-state index in [2.05, 4.69) is 4.90 Å². The summed E-state index contributed by atoms with van der Waals surface area (Å²) in [6.45, 7) is 3.47. The van der Waals surface area contributed by atoms with Crippen molar-refractivity contribution < 1.29 is 22.3 Å². The van der Waals surface area contributed by atoms with Crippen molar-refractivity contribution in [3.05, 3.63) is 89.7 Å². The van der Waals surface area contributed by atoms with Crippen molar-refractivity contribution in [1.82, 2.24) is 9.21 Å². The molecule has 1 aliphatic rings. The summed E-state index contributed by atoms with van der Waals surface area (Å²) in [6, 6.07) is 20.2. The Morgan fingerprint density at radius 2 is 1.63 bits per heavy atom. The summed E-state index contributed by atoms with van der Waals surface area (Å²) in [6.07, 6.45) is 2.26. The topological polar surface area (TPSA) is 59.1 Å². The Balaban J connectivity index is 1.56. The van der Waals surface area contributed by atoms with Gasteiger partial charge in [-0.1, -0.05) is 36.4 Å². The molecule has 3 aromatic carbocycles. The third-order valence-electron chi connectivity index (χ3n) is 6.14. The van der Waals surface area contributed by atoms with E-state index in [0.29, 0.717) is 31.2 Å². The van der Waals surface area contributed by atoms with Crippen LogP contribution in [0.1, 0.15) is 24.0 Å². The number of hydrogen-bond acceptors (Lipinski definition) is 5. The lowest BCUT2D eigenvalue weighted by molar-refractivity contribution is 0.281. The molecule has 0 aromatic heterocycles. The van der Waals surface area contributed by atoms with Gasteiger partial charge in [0.1, 0.15) is 12.4 Å². The number of hydrogen-bond donors (Lipinski definition) is 0. The van der Waals surface area contributed by atoms with Gasteiger partial charge in [-0.2, -0.15) is 4.31 Å². The predicted molar refractivity (Wildman–Crippen MR) is 133 cm³/mol. The molecule has 8 heteroatoms. The Morgan fingerprint density at radius 3 is 2.31 bits per heavy atom. The molecule has 3 aromatic rings. The van der Waals surface area contributed by atoms with Crippen molar-refractivity contribution in [2.24, 2.45) is 0 Å². The third kappa shape index (κ3) is 6.60. The number of likely N-dealkylation sites (tertiary alicyclic amines) is 1. The van der Waals surface area contributed by atoms with Crippen LogP contribution in [0.25, 0.3) is 0 Å². The summed E-state index contributed by atoms with van der Waals surface area (Å²) >= 11 is 0. The number of sulfonamides is 1. The first-order valence-electron chi connectivity index (χ1n) is 11.8. The fourth-order valence-corrected chi connectivity index (χ4v) is 5.59. The van der Waals surface area contributed by atoms with Gasteiger partial charge < -0.3 is 14.4 Å². The van der Waals surface area contributed by atoms with E-state index < -0.39 is 15.8 Å². The number of halogens is 1. The zero-order chi connectivity index (χ0) is 24.7. The van der Waals surface area contributed by atoms with Crippen LogP contribution in [-0.2, 0) is 23.2 Å². The first kappa shape index (κ1) is 25.2. The molecule has 0 amide bonds. The van der Waals surface area contributed by atoms with Crippen molar-refractivity contribution in [2.45, 2.75) is 30.9 Å². The van der Waals surface area contributed by atoms with E-state index in [4.69, 9.17) is 9.47 Å². The van der Waals surface area contributed by atoms with Crippen LogP contribution >= 0.6 is 0 Å². The molecule has 6 nitrogen and oxygen atoms in total. The van der Waals surface area contributed by atoms with Crippen LogP contribution in [0.15, 0.2) is 77.7 Å². The lowest BCUT2D eigenvalue weighted by atomic mass is 10.2. The minimum absolute atomic E-state index is 0.0781. The van der Waals surface area contributed by atoms with Crippen molar-refractivity contribution in [2.75, 3.05) is 33.3 Å². The molecule has 186 valence electrons. The Hall–Kier alpha value is -2.94. The van der Waals surface area contributed by atoms with Gasteiger partial charge in [0, 0.05) is 19.6 Å². The molecule has 1 heterocycles. The molecule has 0 bridgehead atoms. The van der Waals surface area contributed by atoms with Crippen LogP contribution in [0.3, 0.4) is 0 Å². The van der Waals surface area contributed by atoms with E-state index in [1.807, 2.05) is 42.5 Å². The highest BCUT2D eigenvalue weighted by molar-refractivity contribution is 7.89. The van der Waals surface area contributed by atoms with Crippen LogP contribution in [0, 0.1) is 5.82 Å². The van der Waals surface area contributed by atoms with E-state index in [1.165, 1.54) is 28.6 Å². The minimum Gasteiger partial charge on any atom is -0.493 e.